The molecule has 11 heteroatoms. The zero-order valence-corrected chi connectivity index (χ0v) is 24.0. The quantitative estimate of drug-likeness (QED) is 0.127. The zero-order valence-electron chi connectivity index (χ0n) is 22.4. The van der Waals surface area contributed by atoms with Crippen molar-refractivity contribution in [2.24, 2.45) is 10.2 Å². The summed E-state index contributed by atoms with van der Waals surface area (Å²) in [7, 11) is 1.60. The van der Waals surface area contributed by atoms with E-state index in [-0.39, 0.29) is 25.0 Å². The number of thioether (sulfide) groups is 1. The number of hydrogen-bond donors (Lipinski definition) is 1. The van der Waals surface area contributed by atoms with Crippen molar-refractivity contribution in [1.82, 2.24) is 4.90 Å². The van der Waals surface area contributed by atoms with E-state index in [9.17, 15) is 9.59 Å². The minimum atomic E-state index is -0.333. The molecule has 0 saturated carbocycles. The normalized spacial score (nSPS) is 15.1. The predicted octanol–water partition coefficient (Wildman–Crippen LogP) is 6.47. The SMILES string of the molecule is COc1ccc(/C=N\N=C2\S/C(=C\c3ccccc3OCC(=O)Nc3ccc(Cl)cc3)C(=O)N2Cc2ccco2)cc1. The average Bonchev–Trinajstić information content (AvgIpc) is 3.62. The summed E-state index contributed by atoms with van der Waals surface area (Å²) in [4.78, 5) is 27.9. The van der Waals surface area contributed by atoms with Gasteiger partial charge in [0.25, 0.3) is 11.8 Å². The van der Waals surface area contributed by atoms with Gasteiger partial charge in [0.2, 0.25) is 0 Å². The fourth-order valence-electron chi connectivity index (χ4n) is 3.86. The zero-order chi connectivity index (χ0) is 29.3. The van der Waals surface area contributed by atoms with E-state index in [0.29, 0.717) is 37.9 Å². The number of halogens is 1. The first kappa shape index (κ1) is 28.7. The number of amides is 2. The first-order valence-electron chi connectivity index (χ1n) is 12.7. The highest BCUT2D eigenvalue weighted by molar-refractivity contribution is 8.18. The summed E-state index contributed by atoms with van der Waals surface area (Å²) in [6.45, 7) is -0.0304. The number of anilines is 1. The number of furan rings is 1. The minimum absolute atomic E-state index is 0.191. The molecule has 0 aliphatic carbocycles. The number of benzene rings is 3. The Hall–Kier alpha value is -4.80. The van der Waals surface area contributed by atoms with Crippen LogP contribution in [0.4, 0.5) is 5.69 Å². The summed E-state index contributed by atoms with van der Waals surface area (Å²) in [5.74, 6) is 1.20. The monoisotopic (exact) mass is 600 g/mol. The second-order valence-corrected chi connectivity index (χ2v) is 10.3. The number of nitrogens with one attached hydrogen (secondary N) is 1. The van der Waals surface area contributed by atoms with Gasteiger partial charge in [0.15, 0.2) is 11.8 Å². The lowest BCUT2D eigenvalue weighted by molar-refractivity contribution is -0.122. The Morgan fingerprint density at radius 1 is 1.05 bits per heavy atom. The summed E-state index contributed by atoms with van der Waals surface area (Å²) < 4.78 is 16.5. The van der Waals surface area contributed by atoms with Gasteiger partial charge in [-0.25, -0.2) is 0 Å². The number of nitrogens with zero attached hydrogens (tertiary/aromatic N) is 3. The molecule has 9 nitrogen and oxygen atoms in total. The Morgan fingerprint density at radius 3 is 2.57 bits per heavy atom. The van der Waals surface area contributed by atoms with Crippen LogP contribution in [0.25, 0.3) is 6.08 Å². The van der Waals surface area contributed by atoms with E-state index in [4.69, 9.17) is 25.5 Å². The Balaban J connectivity index is 1.33. The summed E-state index contributed by atoms with van der Waals surface area (Å²) in [5, 5.41) is 12.3. The van der Waals surface area contributed by atoms with Gasteiger partial charge in [-0.15, -0.1) is 5.10 Å². The molecule has 1 aliphatic rings. The highest BCUT2D eigenvalue weighted by Gasteiger charge is 2.34. The van der Waals surface area contributed by atoms with Crippen molar-refractivity contribution < 1.29 is 23.5 Å². The minimum Gasteiger partial charge on any atom is -0.497 e. The lowest BCUT2D eigenvalue weighted by Crippen LogP contribution is -2.28. The third-order valence-electron chi connectivity index (χ3n) is 5.94. The van der Waals surface area contributed by atoms with Crippen LogP contribution in [0.1, 0.15) is 16.9 Å². The second-order valence-electron chi connectivity index (χ2n) is 8.86. The third-order valence-corrected chi connectivity index (χ3v) is 7.19. The maximum atomic E-state index is 13.5. The highest BCUT2D eigenvalue weighted by atomic mass is 35.5. The van der Waals surface area contributed by atoms with E-state index in [0.717, 1.165) is 11.3 Å². The van der Waals surface area contributed by atoms with Crippen LogP contribution >= 0.6 is 23.4 Å². The molecular weight excluding hydrogens is 576 g/mol. The van der Waals surface area contributed by atoms with Crippen molar-refractivity contribution in [3.8, 4) is 11.5 Å². The van der Waals surface area contributed by atoms with Gasteiger partial charge < -0.3 is 19.2 Å². The predicted molar refractivity (Wildman–Crippen MR) is 165 cm³/mol. The van der Waals surface area contributed by atoms with Gasteiger partial charge in [-0.1, -0.05) is 29.8 Å². The van der Waals surface area contributed by atoms with Crippen molar-refractivity contribution >= 4 is 58.3 Å². The molecule has 5 rings (SSSR count). The molecule has 1 aromatic heterocycles. The van der Waals surface area contributed by atoms with E-state index >= 15 is 0 Å². The van der Waals surface area contributed by atoms with Crippen LogP contribution in [0.3, 0.4) is 0 Å². The standard InChI is InChI=1S/C31H25ClN4O5S/c1-39-25-14-8-21(9-15-25)18-33-35-31-36(19-26-6-4-16-40-26)30(38)28(42-31)17-22-5-2-3-7-27(22)41-20-29(37)34-24-12-10-23(32)11-13-24/h2-18H,19-20H2,1H3,(H,34,37)/b28-17-,33-18-,35-31+. The number of hydrogen-bond acceptors (Lipinski definition) is 8. The van der Waals surface area contributed by atoms with Crippen LogP contribution in [0.2, 0.25) is 5.02 Å². The van der Waals surface area contributed by atoms with E-state index < -0.39 is 0 Å². The average molecular weight is 601 g/mol. The Labute approximate surface area is 251 Å². The van der Waals surface area contributed by atoms with Crippen LogP contribution in [-0.4, -0.2) is 41.8 Å². The molecule has 1 N–H and O–H groups in total. The fourth-order valence-corrected chi connectivity index (χ4v) is 4.91. The number of rotatable bonds is 10. The first-order valence-corrected chi connectivity index (χ1v) is 13.9. The molecule has 4 aromatic rings. The first-order chi connectivity index (χ1) is 20.5. The van der Waals surface area contributed by atoms with Crippen molar-refractivity contribution in [3.05, 3.63) is 118 Å². The van der Waals surface area contributed by atoms with Crippen molar-refractivity contribution in [3.63, 3.8) is 0 Å². The number of para-hydroxylation sites is 1. The largest absolute Gasteiger partial charge is 0.497 e. The molecule has 1 fully saturated rings. The molecule has 1 aliphatic heterocycles. The molecular formula is C31H25ClN4O5S. The Morgan fingerprint density at radius 2 is 1.83 bits per heavy atom. The van der Waals surface area contributed by atoms with Crippen LogP contribution < -0.4 is 14.8 Å². The van der Waals surface area contributed by atoms with Gasteiger partial charge >= 0.3 is 0 Å². The summed E-state index contributed by atoms with van der Waals surface area (Å²) in [6, 6.07) is 24.9. The molecule has 1 saturated heterocycles. The molecule has 42 heavy (non-hydrogen) atoms. The summed E-state index contributed by atoms with van der Waals surface area (Å²) >= 11 is 7.09. The molecule has 2 amide bonds. The Bertz CT molecular complexity index is 1630. The molecule has 0 unspecified atom stereocenters. The van der Waals surface area contributed by atoms with Gasteiger partial charge in [0.05, 0.1) is 31.0 Å². The smallest absolute Gasteiger partial charge is 0.267 e. The van der Waals surface area contributed by atoms with Crippen molar-refractivity contribution in [1.29, 1.82) is 0 Å². The molecule has 0 bridgehead atoms. The fraction of sp³-hybridized carbons (Fsp3) is 0.0968. The number of methoxy groups -OCH3 is 1. The van der Waals surface area contributed by atoms with Crippen LogP contribution in [-0.2, 0) is 16.1 Å². The second kappa shape index (κ2) is 13.7. The Kier molecular flexibility index (Phi) is 9.37. The maximum Gasteiger partial charge on any atom is 0.267 e. The number of carbonyl (C=O) groups excluding carboxylic acids is 2. The van der Waals surface area contributed by atoms with Crippen LogP contribution in [0, 0.1) is 0 Å². The lowest BCUT2D eigenvalue weighted by atomic mass is 10.2. The third kappa shape index (κ3) is 7.48. The molecule has 212 valence electrons. The summed E-state index contributed by atoms with van der Waals surface area (Å²) in [6.07, 6.45) is 4.86. The van der Waals surface area contributed by atoms with E-state index in [2.05, 4.69) is 15.5 Å². The van der Waals surface area contributed by atoms with Crippen LogP contribution in [0.5, 0.6) is 11.5 Å². The molecule has 0 atom stereocenters. The lowest BCUT2D eigenvalue weighted by Gasteiger charge is -2.12. The highest BCUT2D eigenvalue weighted by Crippen LogP contribution is 2.35. The van der Waals surface area contributed by atoms with E-state index in [1.807, 2.05) is 30.3 Å². The topological polar surface area (TPSA) is 106 Å². The molecule has 2 heterocycles. The van der Waals surface area contributed by atoms with Gasteiger partial charge in [-0.05, 0) is 90.1 Å². The molecule has 0 spiro atoms. The number of carbonyl (C=O) groups is 2. The van der Waals surface area contributed by atoms with Crippen molar-refractivity contribution in [2.75, 3.05) is 19.0 Å². The van der Waals surface area contributed by atoms with Gasteiger partial charge in [0, 0.05) is 16.3 Å². The van der Waals surface area contributed by atoms with Gasteiger partial charge in [-0.2, -0.15) is 5.10 Å². The summed E-state index contributed by atoms with van der Waals surface area (Å²) in [5.41, 5.74) is 2.07. The van der Waals surface area contributed by atoms with E-state index in [1.54, 1.807) is 80.3 Å². The number of amidine groups is 1. The number of ether oxygens (including phenoxy) is 2. The molecule has 0 radical (unpaired) electrons. The molecule has 3 aromatic carbocycles. The van der Waals surface area contributed by atoms with Crippen LogP contribution in [0.15, 0.2) is 111 Å². The van der Waals surface area contributed by atoms with E-state index in [1.165, 1.54) is 16.7 Å². The van der Waals surface area contributed by atoms with Gasteiger partial charge in [0.1, 0.15) is 17.3 Å². The van der Waals surface area contributed by atoms with Gasteiger partial charge in [-0.3, -0.25) is 14.5 Å². The van der Waals surface area contributed by atoms with Crippen molar-refractivity contribution in [2.45, 2.75) is 6.54 Å². The maximum absolute atomic E-state index is 13.5.